The molecule has 4 rings (SSSR count). The number of halogens is 1. The van der Waals surface area contributed by atoms with E-state index in [1.165, 1.54) is 6.07 Å². The fraction of sp³-hybridized carbons (Fsp3) is 0.458. The van der Waals surface area contributed by atoms with Gasteiger partial charge in [-0.3, -0.25) is 0 Å². The number of hydrogen-bond acceptors (Lipinski definition) is 7. The standard InChI is InChI=1S/C24H28FNO5S/c1-13(2)32-18-7-4-15(5-8-18)10-16-11-17(6-9-19(16)25)24-23(30-14(3)26-24)22(29)21(28)20(12-27)31-24/h4-9,11,13,20-23,27-29H,10,12H2,1-3H3/t20-,21-,22+,23?,24?/m1/s1. The Morgan fingerprint density at radius 2 is 1.84 bits per heavy atom. The minimum Gasteiger partial charge on any atom is -0.469 e. The van der Waals surface area contributed by atoms with Crippen molar-refractivity contribution in [3.05, 3.63) is 65.0 Å². The molecule has 0 amide bonds. The molecule has 6 nitrogen and oxygen atoms in total. The lowest BCUT2D eigenvalue weighted by Crippen LogP contribution is -2.61. The third-order valence-electron chi connectivity index (χ3n) is 5.71. The molecule has 5 atom stereocenters. The highest BCUT2D eigenvalue weighted by molar-refractivity contribution is 7.99. The maximum Gasteiger partial charge on any atom is 0.228 e. The van der Waals surface area contributed by atoms with Crippen LogP contribution in [0, 0.1) is 5.82 Å². The average Bonchev–Trinajstić information content (AvgIpc) is 3.10. The zero-order valence-electron chi connectivity index (χ0n) is 18.2. The van der Waals surface area contributed by atoms with Gasteiger partial charge in [0.1, 0.15) is 24.1 Å². The van der Waals surface area contributed by atoms with Gasteiger partial charge in [0.15, 0.2) is 12.0 Å². The molecule has 32 heavy (non-hydrogen) atoms. The van der Waals surface area contributed by atoms with Gasteiger partial charge in [-0.15, -0.1) is 11.8 Å². The third-order valence-corrected chi connectivity index (χ3v) is 6.72. The van der Waals surface area contributed by atoms with Gasteiger partial charge in [0, 0.05) is 29.1 Å². The van der Waals surface area contributed by atoms with E-state index < -0.39 is 36.7 Å². The largest absolute Gasteiger partial charge is 0.469 e. The maximum absolute atomic E-state index is 14.7. The number of aliphatic hydroxyl groups excluding tert-OH is 3. The van der Waals surface area contributed by atoms with Crippen molar-refractivity contribution < 1.29 is 29.2 Å². The smallest absolute Gasteiger partial charge is 0.228 e. The summed E-state index contributed by atoms with van der Waals surface area (Å²) in [6, 6.07) is 12.6. The third kappa shape index (κ3) is 4.30. The van der Waals surface area contributed by atoms with Crippen molar-refractivity contribution >= 4 is 17.7 Å². The van der Waals surface area contributed by atoms with Gasteiger partial charge >= 0.3 is 0 Å². The summed E-state index contributed by atoms with van der Waals surface area (Å²) < 4.78 is 26.4. The van der Waals surface area contributed by atoms with Crippen LogP contribution in [0.2, 0.25) is 0 Å². The van der Waals surface area contributed by atoms with Crippen LogP contribution >= 0.6 is 11.8 Å². The van der Waals surface area contributed by atoms with Crippen LogP contribution in [0.1, 0.15) is 37.5 Å². The summed E-state index contributed by atoms with van der Waals surface area (Å²) in [6.07, 6.45) is -4.36. The van der Waals surface area contributed by atoms with Crippen LogP contribution < -0.4 is 0 Å². The number of fused-ring (bicyclic) bond motifs is 1. The van der Waals surface area contributed by atoms with E-state index in [0.29, 0.717) is 22.8 Å². The first-order valence-corrected chi connectivity index (χ1v) is 11.5. The van der Waals surface area contributed by atoms with Gasteiger partial charge in [0.05, 0.1) is 6.61 Å². The monoisotopic (exact) mass is 461 g/mol. The Labute approximate surface area is 191 Å². The Morgan fingerprint density at radius 1 is 1.12 bits per heavy atom. The molecular weight excluding hydrogens is 433 g/mol. The number of thioether (sulfide) groups is 1. The second-order valence-corrected chi connectivity index (χ2v) is 10.1. The van der Waals surface area contributed by atoms with E-state index in [1.54, 1.807) is 30.8 Å². The molecule has 2 aliphatic heterocycles. The highest BCUT2D eigenvalue weighted by Crippen LogP contribution is 2.45. The van der Waals surface area contributed by atoms with Crippen molar-refractivity contribution in [1.82, 2.24) is 0 Å². The number of benzene rings is 2. The number of hydrogen-bond donors (Lipinski definition) is 3. The summed E-state index contributed by atoms with van der Waals surface area (Å²) in [7, 11) is 0. The summed E-state index contributed by atoms with van der Waals surface area (Å²) >= 11 is 1.77. The fourth-order valence-corrected chi connectivity index (χ4v) is 5.07. The topological polar surface area (TPSA) is 91.5 Å². The number of aliphatic hydroxyl groups is 3. The van der Waals surface area contributed by atoms with Crippen molar-refractivity contribution in [2.45, 2.75) is 67.5 Å². The number of ether oxygens (including phenoxy) is 2. The van der Waals surface area contributed by atoms with E-state index in [4.69, 9.17) is 9.47 Å². The van der Waals surface area contributed by atoms with Crippen LogP contribution in [0.5, 0.6) is 0 Å². The van der Waals surface area contributed by atoms with Crippen molar-refractivity contribution in [1.29, 1.82) is 0 Å². The van der Waals surface area contributed by atoms with E-state index in [0.717, 1.165) is 10.5 Å². The normalized spacial score (nSPS) is 29.6. The molecule has 2 aromatic rings. The van der Waals surface area contributed by atoms with Gasteiger partial charge in [0.2, 0.25) is 5.72 Å². The molecule has 172 valence electrons. The first kappa shape index (κ1) is 23.2. The summed E-state index contributed by atoms with van der Waals surface area (Å²) in [5.41, 5.74) is 0.423. The minimum atomic E-state index is -1.48. The SMILES string of the molecule is CC1=NC2(c3ccc(F)c(Cc4ccc(SC(C)C)cc4)c3)O[C@H](CO)[C@@H](O)[C@H](O)C2O1. The van der Waals surface area contributed by atoms with E-state index in [-0.39, 0.29) is 11.7 Å². The quantitative estimate of drug-likeness (QED) is 0.573. The van der Waals surface area contributed by atoms with Gasteiger partial charge in [-0.05, 0) is 35.4 Å². The predicted octanol–water partition coefficient (Wildman–Crippen LogP) is 3.00. The lowest BCUT2D eigenvalue weighted by Gasteiger charge is -2.44. The Kier molecular flexibility index (Phi) is 6.61. The summed E-state index contributed by atoms with van der Waals surface area (Å²) in [6.45, 7) is 5.38. The van der Waals surface area contributed by atoms with Crippen LogP contribution in [0.3, 0.4) is 0 Å². The van der Waals surface area contributed by atoms with Crippen molar-refractivity contribution in [2.24, 2.45) is 4.99 Å². The van der Waals surface area contributed by atoms with Gasteiger partial charge in [-0.2, -0.15) is 0 Å². The van der Waals surface area contributed by atoms with Crippen LogP contribution in [0.25, 0.3) is 0 Å². The molecular formula is C24H28FNO5S. The molecule has 0 saturated carbocycles. The molecule has 0 aromatic heterocycles. The molecule has 2 aromatic carbocycles. The fourth-order valence-electron chi connectivity index (χ4n) is 4.23. The first-order chi connectivity index (χ1) is 15.2. The van der Waals surface area contributed by atoms with E-state index in [9.17, 15) is 19.7 Å². The highest BCUT2D eigenvalue weighted by atomic mass is 32.2. The number of rotatable bonds is 6. The summed E-state index contributed by atoms with van der Waals surface area (Å²) in [5, 5.41) is 31.0. The van der Waals surface area contributed by atoms with E-state index >= 15 is 0 Å². The molecule has 2 aliphatic rings. The molecule has 1 fully saturated rings. The average molecular weight is 462 g/mol. The van der Waals surface area contributed by atoms with Gasteiger partial charge < -0.3 is 24.8 Å². The molecule has 0 radical (unpaired) electrons. The Bertz CT molecular complexity index is 998. The Balaban J connectivity index is 1.67. The molecule has 0 aliphatic carbocycles. The maximum atomic E-state index is 14.7. The lowest BCUT2D eigenvalue weighted by atomic mass is 9.85. The van der Waals surface area contributed by atoms with Crippen molar-refractivity contribution in [3.63, 3.8) is 0 Å². The van der Waals surface area contributed by atoms with Gasteiger partial charge in [0.25, 0.3) is 0 Å². The molecule has 3 N–H and O–H groups in total. The Hall–Kier alpha value is -1.97. The molecule has 0 bridgehead atoms. The van der Waals surface area contributed by atoms with E-state index in [1.807, 2.05) is 24.3 Å². The Morgan fingerprint density at radius 3 is 2.50 bits per heavy atom. The zero-order valence-corrected chi connectivity index (χ0v) is 19.1. The molecule has 2 heterocycles. The second-order valence-electron chi connectivity index (χ2n) is 8.48. The lowest BCUT2D eigenvalue weighted by molar-refractivity contribution is -0.262. The summed E-state index contributed by atoms with van der Waals surface area (Å²) in [4.78, 5) is 5.64. The van der Waals surface area contributed by atoms with E-state index in [2.05, 4.69) is 18.8 Å². The predicted molar refractivity (Wildman–Crippen MR) is 120 cm³/mol. The first-order valence-electron chi connectivity index (χ1n) is 10.7. The van der Waals surface area contributed by atoms with Crippen LogP contribution in [-0.4, -0.2) is 57.5 Å². The van der Waals surface area contributed by atoms with Gasteiger partial charge in [-0.25, -0.2) is 9.38 Å². The number of aliphatic imine (C=N–C) groups is 1. The molecule has 8 heteroatoms. The molecule has 0 spiro atoms. The molecule has 1 saturated heterocycles. The van der Waals surface area contributed by atoms with Gasteiger partial charge in [-0.1, -0.05) is 32.0 Å². The molecule has 2 unspecified atom stereocenters. The number of nitrogens with zero attached hydrogens (tertiary/aromatic N) is 1. The summed E-state index contributed by atoms with van der Waals surface area (Å²) in [5.74, 6) is -0.0824. The van der Waals surface area contributed by atoms with Crippen LogP contribution in [0.15, 0.2) is 52.4 Å². The zero-order chi connectivity index (χ0) is 23.0. The van der Waals surface area contributed by atoms with Crippen LogP contribution in [-0.2, 0) is 21.6 Å². The highest BCUT2D eigenvalue weighted by Gasteiger charge is 2.59. The second kappa shape index (κ2) is 9.11. The van der Waals surface area contributed by atoms with Crippen molar-refractivity contribution in [3.8, 4) is 0 Å². The van der Waals surface area contributed by atoms with Crippen molar-refractivity contribution in [2.75, 3.05) is 6.61 Å². The minimum absolute atomic E-state index is 0.281. The van der Waals surface area contributed by atoms with Crippen LogP contribution in [0.4, 0.5) is 4.39 Å².